The zero-order valence-electron chi connectivity index (χ0n) is 4.19. The fourth-order valence-corrected chi connectivity index (χ4v) is 0.118. The van der Waals surface area contributed by atoms with E-state index in [2.05, 4.69) is 13.2 Å². The van der Waals surface area contributed by atoms with Gasteiger partial charge in [-0.05, 0) is 6.08 Å². The molecule has 0 aromatic rings. The van der Waals surface area contributed by atoms with Crippen LogP contribution in [0.4, 0.5) is 8.78 Å². The maximum atomic E-state index is 11.8. The summed E-state index contributed by atoms with van der Waals surface area (Å²) < 4.78 is 23.6. The first-order valence-electron chi connectivity index (χ1n) is 1.90. The van der Waals surface area contributed by atoms with Crippen LogP contribution in [0.15, 0.2) is 25.0 Å². The highest BCUT2D eigenvalue weighted by Crippen LogP contribution is 2.20. The molecule has 0 aromatic carbocycles. The van der Waals surface area contributed by atoms with Gasteiger partial charge in [0.05, 0.1) is 0 Å². The van der Waals surface area contributed by atoms with Crippen LogP contribution in [0.25, 0.3) is 0 Å². The normalized spacial score (nSPS) is 10.8. The summed E-state index contributed by atoms with van der Waals surface area (Å²) in [6.45, 7) is 5.41. The van der Waals surface area contributed by atoms with Gasteiger partial charge < -0.3 is 5.11 Å². The summed E-state index contributed by atoms with van der Waals surface area (Å²) in [6.07, 6.45) is 0.329. The largest absolute Gasteiger partial charge is 0.506 e. The van der Waals surface area contributed by atoms with Crippen molar-refractivity contribution in [3.05, 3.63) is 25.0 Å². The van der Waals surface area contributed by atoms with Crippen LogP contribution in [0.2, 0.25) is 0 Å². The lowest BCUT2D eigenvalue weighted by Crippen LogP contribution is -2.13. The Morgan fingerprint density at radius 2 is 2.00 bits per heavy atom. The first kappa shape index (κ1) is 7.14. The lowest BCUT2D eigenvalue weighted by Gasteiger charge is -2.06. The van der Waals surface area contributed by atoms with E-state index >= 15 is 0 Å². The Morgan fingerprint density at radius 3 is 2.00 bits per heavy atom. The Kier molecular flexibility index (Phi) is 1.73. The maximum Gasteiger partial charge on any atom is 0.321 e. The van der Waals surface area contributed by atoms with Crippen molar-refractivity contribution >= 4 is 0 Å². The second-order valence-electron chi connectivity index (χ2n) is 1.27. The van der Waals surface area contributed by atoms with Gasteiger partial charge >= 0.3 is 5.92 Å². The van der Waals surface area contributed by atoms with Crippen molar-refractivity contribution in [2.24, 2.45) is 0 Å². The summed E-state index contributed by atoms with van der Waals surface area (Å²) in [5.41, 5.74) is 0. The van der Waals surface area contributed by atoms with Gasteiger partial charge in [0.2, 0.25) is 0 Å². The van der Waals surface area contributed by atoms with E-state index in [0.717, 1.165) is 0 Å². The molecular formula is C5H6F2O. The van der Waals surface area contributed by atoms with Crippen LogP contribution in [0.5, 0.6) is 0 Å². The van der Waals surface area contributed by atoms with Crippen molar-refractivity contribution in [3.8, 4) is 0 Å². The SMILES string of the molecule is C=CC(F)(F)C(=C)O. The molecule has 1 N–H and O–H groups in total. The van der Waals surface area contributed by atoms with Gasteiger partial charge in [0.1, 0.15) is 0 Å². The van der Waals surface area contributed by atoms with E-state index in [-0.39, 0.29) is 0 Å². The van der Waals surface area contributed by atoms with Gasteiger partial charge in [0.25, 0.3) is 0 Å². The van der Waals surface area contributed by atoms with Gasteiger partial charge in [-0.15, -0.1) is 0 Å². The zero-order valence-corrected chi connectivity index (χ0v) is 4.19. The highest BCUT2D eigenvalue weighted by atomic mass is 19.3. The summed E-state index contributed by atoms with van der Waals surface area (Å²) in [5, 5.41) is 8.06. The molecule has 0 saturated heterocycles. The molecule has 0 fully saturated rings. The molecule has 0 aromatic heterocycles. The number of hydrogen-bond acceptors (Lipinski definition) is 1. The van der Waals surface area contributed by atoms with Crippen LogP contribution in [-0.2, 0) is 0 Å². The van der Waals surface area contributed by atoms with E-state index in [4.69, 9.17) is 5.11 Å². The average molecular weight is 120 g/mol. The van der Waals surface area contributed by atoms with Gasteiger partial charge in [-0.3, -0.25) is 0 Å². The van der Waals surface area contributed by atoms with E-state index in [1.807, 2.05) is 0 Å². The molecule has 0 radical (unpaired) electrons. The fraction of sp³-hybridized carbons (Fsp3) is 0.200. The summed E-state index contributed by atoms with van der Waals surface area (Å²) in [6, 6.07) is 0. The topological polar surface area (TPSA) is 20.2 Å². The van der Waals surface area contributed by atoms with Crippen LogP contribution < -0.4 is 0 Å². The molecule has 0 amide bonds. The smallest absolute Gasteiger partial charge is 0.321 e. The number of alkyl halides is 2. The van der Waals surface area contributed by atoms with Gasteiger partial charge in [-0.1, -0.05) is 13.2 Å². The van der Waals surface area contributed by atoms with Crippen LogP contribution in [0.1, 0.15) is 0 Å². The van der Waals surface area contributed by atoms with Crippen LogP contribution in [0.3, 0.4) is 0 Å². The quantitative estimate of drug-likeness (QED) is 0.435. The second-order valence-corrected chi connectivity index (χ2v) is 1.27. The lowest BCUT2D eigenvalue weighted by molar-refractivity contribution is 0.0498. The second kappa shape index (κ2) is 1.94. The Hall–Kier alpha value is -0.860. The molecule has 1 nitrogen and oxygen atoms in total. The number of aliphatic hydroxyl groups is 1. The molecule has 0 aliphatic carbocycles. The Morgan fingerprint density at radius 1 is 1.62 bits per heavy atom. The first-order valence-corrected chi connectivity index (χ1v) is 1.90. The third kappa shape index (κ3) is 1.33. The maximum absolute atomic E-state index is 11.8. The third-order valence-corrected chi connectivity index (χ3v) is 0.641. The molecular weight excluding hydrogens is 114 g/mol. The van der Waals surface area contributed by atoms with Gasteiger partial charge in [-0.2, -0.15) is 8.78 Å². The van der Waals surface area contributed by atoms with Crippen LogP contribution in [0, 0.1) is 0 Å². The highest BCUT2D eigenvalue weighted by molar-refractivity contribution is 5.06. The molecule has 0 rings (SSSR count). The molecule has 0 aliphatic heterocycles. The molecule has 8 heavy (non-hydrogen) atoms. The molecule has 0 aliphatic rings. The van der Waals surface area contributed by atoms with Crippen molar-refractivity contribution in [3.63, 3.8) is 0 Å². The zero-order chi connectivity index (χ0) is 6.78. The summed E-state index contributed by atoms with van der Waals surface area (Å²) >= 11 is 0. The number of allylic oxidation sites excluding steroid dienone is 1. The third-order valence-electron chi connectivity index (χ3n) is 0.641. The van der Waals surface area contributed by atoms with Crippen molar-refractivity contribution in [2.75, 3.05) is 0 Å². The monoisotopic (exact) mass is 120 g/mol. The molecule has 46 valence electrons. The van der Waals surface area contributed by atoms with Crippen LogP contribution in [-0.4, -0.2) is 11.0 Å². The van der Waals surface area contributed by atoms with Crippen molar-refractivity contribution < 1.29 is 13.9 Å². The minimum Gasteiger partial charge on any atom is -0.506 e. The molecule has 0 unspecified atom stereocenters. The standard InChI is InChI=1S/C5H6F2O/c1-3-5(6,7)4(2)8/h3,8H,1-2H2. The first-order chi connectivity index (χ1) is 3.50. The molecule has 0 atom stereocenters. The van der Waals surface area contributed by atoms with E-state index in [1.54, 1.807) is 0 Å². The Labute approximate surface area is 45.9 Å². The molecule has 3 heteroatoms. The summed E-state index contributed by atoms with van der Waals surface area (Å²) in [4.78, 5) is 0. The predicted octanol–water partition coefficient (Wildman–Crippen LogP) is 1.88. The number of hydrogen-bond donors (Lipinski definition) is 1. The number of rotatable bonds is 2. The van der Waals surface area contributed by atoms with E-state index in [1.165, 1.54) is 0 Å². The Balaban J connectivity index is 4.12. The number of halogens is 2. The minimum atomic E-state index is -3.33. The average Bonchev–Trinajstić information content (AvgIpc) is 1.67. The van der Waals surface area contributed by atoms with Gasteiger partial charge in [-0.25, -0.2) is 0 Å². The molecule has 0 heterocycles. The van der Waals surface area contributed by atoms with Gasteiger partial charge in [0, 0.05) is 0 Å². The highest BCUT2D eigenvalue weighted by Gasteiger charge is 2.27. The molecule has 0 spiro atoms. The van der Waals surface area contributed by atoms with E-state index < -0.39 is 11.7 Å². The minimum absolute atomic E-state index is 0.329. The fourth-order valence-electron chi connectivity index (χ4n) is 0.118. The number of aliphatic hydroxyl groups excluding tert-OH is 1. The Bertz CT molecular complexity index is 118. The molecule has 0 bridgehead atoms. The lowest BCUT2D eigenvalue weighted by atomic mass is 10.3. The van der Waals surface area contributed by atoms with E-state index in [9.17, 15) is 8.78 Å². The van der Waals surface area contributed by atoms with Crippen molar-refractivity contribution in [1.82, 2.24) is 0 Å². The van der Waals surface area contributed by atoms with Gasteiger partial charge in [0.15, 0.2) is 5.76 Å². The summed E-state index contributed by atoms with van der Waals surface area (Å²) in [5.74, 6) is -4.51. The summed E-state index contributed by atoms with van der Waals surface area (Å²) in [7, 11) is 0. The van der Waals surface area contributed by atoms with Crippen molar-refractivity contribution in [2.45, 2.75) is 5.92 Å². The van der Waals surface area contributed by atoms with Crippen LogP contribution >= 0.6 is 0 Å². The van der Waals surface area contributed by atoms with E-state index in [0.29, 0.717) is 6.08 Å². The predicted molar refractivity (Wildman–Crippen MR) is 26.9 cm³/mol. The van der Waals surface area contributed by atoms with Crippen molar-refractivity contribution in [1.29, 1.82) is 0 Å². The molecule has 0 saturated carbocycles.